The summed E-state index contributed by atoms with van der Waals surface area (Å²) in [5.74, 6) is -0.406. The molecule has 0 heterocycles. The number of benzene rings is 2. The van der Waals surface area contributed by atoms with Gasteiger partial charge in [-0.15, -0.1) is 0 Å². The standard InChI is InChI=1S/C16H14ClFN2/c1-11(13-7-5-12(9-19)6-8-13)20-10-14-3-2-4-15(18)16(14)17/h2-8,11,20H,10H2,1H3. The first kappa shape index (κ1) is 14.5. The van der Waals surface area contributed by atoms with Crippen molar-refractivity contribution in [2.24, 2.45) is 0 Å². The quantitative estimate of drug-likeness (QED) is 0.915. The Labute approximate surface area is 122 Å². The molecule has 2 rings (SSSR count). The maximum atomic E-state index is 13.3. The molecule has 1 unspecified atom stereocenters. The molecule has 0 fully saturated rings. The number of hydrogen-bond acceptors (Lipinski definition) is 2. The summed E-state index contributed by atoms with van der Waals surface area (Å²) in [6, 6.07) is 14.3. The summed E-state index contributed by atoms with van der Waals surface area (Å²) in [4.78, 5) is 0. The Morgan fingerprint density at radius 3 is 2.60 bits per heavy atom. The molecule has 20 heavy (non-hydrogen) atoms. The first-order valence-corrected chi connectivity index (χ1v) is 6.66. The number of hydrogen-bond donors (Lipinski definition) is 1. The highest BCUT2D eigenvalue weighted by atomic mass is 35.5. The van der Waals surface area contributed by atoms with Crippen molar-refractivity contribution in [2.75, 3.05) is 0 Å². The number of nitrogens with one attached hydrogen (secondary N) is 1. The lowest BCUT2D eigenvalue weighted by atomic mass is 10.1. The molecule has 0 aliphatic rings. The van der Waals surface area contributed by atoms with Crippen LogP contribution in [-0.4, -0.2) is 0 Å². The van der Waals surface area contributed by atoms with E-state index in [1.54, 1.807) is 24.3 Å². The number of halogens is 2. The average Bonchev–Trinajstić information content (AvgIpc) is 2.48. The molecule has 0 spiro atoms. The highest BCUT2D eigenvalue weighted by Crippen LogP contribution is 2.21. The molecule has 1 atom stereocenters. The molecular formula is C16H14ClFN2. The summed E-state index contributed by atoms with van der Waals surface area (Å²) >= 11 is 5.91. The first-order valence-electron chi connectivity index (χ1n) is 6.28. The second-order valence-electron chi connectivity index (χ2n) is 4.55. The molecule has 0 aromatic heterocycles. The molecule has 2 nitrogen and oxygen atoms in total. The average molecular weight is 289 g/mol. The molecule has 0 bridgehead atoms. The summed E-state index contributed by atoms with van der Waals surface area (Å²) in [5, 5.41) is 12.2. The van der Waals surface area contributed by atoms with Gasteiger partial charge in [-0.25, -0.2) is 4.39 Å². The maximum Gasteiger partial charge on any atom is 0.142 e. The monoisotopic (exact) mass is 288 g/mol. The van der Waals surface area contributed by atoms with E-state index in [0.29, 0.717) is 12.1 Å². The molecule has 0 aliphatic carbocycles. The van der Waals surface area contributed by atoms with E-state index in [0.717, 1.165) is 11.1 Å². The molecule has 0 saturated carbocycles. The van der Waals surface area contributed by atoms with Crippen LogP contribution in [-0.2, 0) is 6.54 Å². The van der Waals surface area contributed by atoms with E-state index in [1.165, 1.54) is 6.07 Å². The van der Waals surface area contributed by atoms with E-state index < -0.39 is 5.82 Å². The van der Waals surface area contributed by atoms with Crippen LogP contribution in [0.4, 0.5) is 4.39 Å². The highest BCUT2D eigenvalue weighted by Gasteiger charge is 2.08. The van der Waals surface area contributed by atoms with Gasteiger partial charge in [0.15, 0.2) is 0 Å². The van der Waals surface area contributed by atoms with E-state index in [1.807, 2.05) is 19.1 Å². The third kappa shape index (κ3) is 3.36. The van der Waals surface area contributed by atoms with Crippen LogP contribution in [0.15, 0.2) is 42.5 Å². The molecule has 102 valence electrons. The van der Waals surface area contributed by atoms with Gasteiger partial charge in [-0.05, 0) is 36.2 Å². The van der Waals surface area contributed by atoms with E-state index in [-0.39, 0.29) is 11.1 Å². The molecule has 0 radical (unpaired) electrons. The Balaban J connectivity index is 2.03. The molecule has 2 aromatic carbocycles. The van der Waals surface area contributed by atoms with E-state index >= 15 is 0 Å². The van der Waals surface area contributed by atoms with Gasteiger partial charge in [0, 0.05) is 12.6 Å². The van der Waals surface area contributed by atoms with Gasteiger partial charge in [-0.1, -0.05) is 35.9 Å². The molecule has 0 amide bonds. The van der Waals surface area contributed by atoms with Crippen molar-refractivity contribution >= 4 is 11.6 Å². The van der Waals surface area contributed by atoms with Crippen LogP contribution in [0.1, 0.15) is 29.7 Å². The lowest BCUT2D eigenvalue weighted by Gasteiger charge is -2.15. The SMILES string of the molecule is CC(NCc1cccc(F)c1Cl)c1ccc(C#N)cc1. The van der Waals surface area contributed by atoms with Crippen LogP contribution in [0.25, 0.3) is 0 Å². The van der Waals surface area contributed by atoms with Gasteiger partial charge in [0.25, 0.3) is 0 Å². The van der Waals surface area contributed by atoms with Crippen LogP contribution in [0.3, 0.4) is 0 Å². The van der Waals surface area contributed by atoms with Crippen LogP contribution >= 0.6 is 11.6 Å². The lowest BCUT2D eigenvalue weighted by molar-refractivity contribution is 0.569. The Hall–Kier alpha value is -1.89. The van der Waals surface area contributed by atoms with Crippen LogP contribution < -0.4 is 5.32 Å². The predicted molar refractivity (Wildman–Crippen MR) is 77.8 cm³/mol. The Kier molecular flexibility index (Phi) is 4.73. The Bertz CT molecular complexity index is 632. The fraction of sp³-hybridized carbons (Fsp3) is 0.188. The van der Waals surface area contributed by atoms with Crippen molar-refractivity contribution in [2.45, 2.75) is 19.5 Å². The van der Waals surface area contributed by atoms with Crippen molar-refractivity contribution in [3.63, 3.8) is 0 Å². The van der Waals surface area contributed by atoms with Gasteiger partial charge in [-0.3, -0.25) is 0 Å². The fourth-order valence-electron chi connectivity index (χ4n) is 1.91. The zero-order valence-electron chi connectivity index (χ0n) is 11.0. The van der Waals surface area contributed by atoms with Crippen molar-refractivity contribution < 1.29 is 4.39 Å². The van der Waals surface area contributed by atoms with Crippen LogP contribution in [0.2, 0.25) is 5.02 Å². The molecule has 1 N–H and O–H groups in total. The molecule has 0 aliphatic heterocycles. The summed E-state index contributed by atoms with van der Waals surface area (Å²) in [6.07, 6.45) is 0. The van der Waals surface area contributed by atoms with Crippen LogP contribution in [0.5, 0.6) is 0 Å². The third-order valence-electron chi connectivity index (χ3n) is 3.17. The number of nitrogens with zero attached hydrogens (tertiary/aromatic N) is 1. The van der Waals surface area contributed by atoms with Crippen molar-refractivity contribution in [3.05, 3.63) is 70.0 Å². The molecule has 2 aromatic rings. The summed E-state index contributed by atoms with van der Waals surface area (Å²) in [5.41, 5.74) is 2.43. The lowest BCUT2D eigenvalue weighted by Crippen LogP contribution is -2.18. The van der Waals surface area contributed by atoms with Gasteiger partial charge in [0.05, 0.1) is 16.7 Å². The van der Waals surface area contributed by atoms with Gasteiger partial charge in [0.1, 0.15) is 5.82 Å². The minimum absolute atomic E-state index is 0.0853. The zero-order valence-corrected chi connectivity index (χ0v) is 11.8. The second kappa shape index (κ2) is 6.51. The summed E-state index contributed by atoms with van der Waals surface area (Å²) in [7, 11) is 0. The largest absolute Gasteiger partial charge is 0.306 e. The number of nitriles is 1. The van der Waals surface area contributed by atoms with Gasteiger partial charge in [0.2, 0.25) is 0 Å². The van der Waals surface area contributed by atoms with E-state index in [9.17, 15) is 4.39 Å². The second-order valence-corrected chi connectivity index (χ2v) is 4.93. The van der Waals surface area contributed by atoms with E-state index in [4.69, 9.17) is 16.9 Å². The van der Waals surface area contributed by atoms with Gasteiger partial charge >= 0.3 is 0 Å². The van der Waals surface area contributed by atoms with Crippen molar-refractivity contribution in [1.82, 2.24) is 5.32 Å². The van der Waals surface area contributed by atoms with Gasteiger partial charge < -0.3 is 5.32 Å². The Morgan fingerprint density at radius 1 is 1.25 bits per heavy atom. The Morgan fingerprint density at radius 2 is 1.95 bits per heavy atom. The molecular weight excluding hydrogens is 275 g/mol. The molecule has 4 heteroatoms. The van der Waals surface area contributed by atoms with Crippen molar-refractivity contribution in [1.29, 1.82) is 5.26 Å². The summed E-state index contributed by atoms with van der Waals surface area (Å²) in [6.45, 7) is 2.49. The summed E-state index contributed by atoms with van der Waals surface area (Å²) < 4.78 is 13.3. The number of rotatable bonds is 4. The minimum atomic E-state index is -0.406. The zero-order chi connectivity index (χ0) is 14.5. The van der Waals surface area contributed by atoms with Gasteiger partial charge in [-0.2, -0.15) is 5.26 Å². The molecule has 0 saturated heterocycles. The highest BCUT2D eigenvalue weighted by molar-refractivity contribution is 6.31. The minimum Gasteiger partial charge on any atom is -0.306 e. The fourth-order valence-corrected chi connectivity index (χ4v) is 2.11. The third-order valence-corrected chi connectivity index (χ3v) is 3.59. The predicted octanol–water partition coefficient (Wildman–Crippen LogP) is 4.20. The maximum absolute atomic E-state index is 13.3. The van der Waals surface area contributed by atoms with Crippen molar-refractivity contribution in [3.8, 4) is 6.07 Å². The normalized spacial score (nSPS) is 11.9. The first-order chi connectivity index (χ1) is 9.61. The topological polar surface area (TPSA) is 35.8 Å². The van der Waals surface area contributed by atoms with Crippen LogP contribution in [0, 0.1) is 17.1 Å². The smallest absolute Gasteiger partial charge is 0.142 e. The van der Waals surface area contributed by atoms with E-state index in [2.05, 4.69) is 11.4 Å².